The minimum atomic E-state index is -0.678. The second kappa shape index (κ2) is 7.92. The highest BCUT2D eigenvalue weighted by Crippen LogP contribution is 2.35. The summed E-state index contributed by atoms with van der Waals surface area (Å²) in [6.07, 6.45) is 1.97. The molecule has 5 heteroatoms. The average molecular weight is 309 g/mol. The Morgan fingerprint density at radius 1 is 1.18 bits per heavy atom. The summed E-state index contributed by atoms with van der Waals surface area (Å²) in [4.78, 5) is 2.16. The van der Waals surface area contributed by atoms with Crippen LogP contribution in [0.1, 0.15) is 18.4 Å². The Kier molecular flexibility index (Phi) is 6.20. The predicted molar refractivity (Wildman–Crippen MR) is 85.0 cm³/mol. The minimum Gasteiger partial charge on any atom is -0.497 e. The van der Waals surface area contributed by atoms with E-state index in [9.17, 15) is 10.2 Å². The number of hydrogen-bond acceptors (Lipinski definition) is 5. The summed E-state index contributed by atoms with van der Waals surface area (Å²) in [6.45, 7) is 2.16. The number of β-amino-alcohol motifs (C(OH)–C–C–N with tert-alkyl or cyclic N) is 1. The van der Waals surface area contributed by atoms with Gasteiger partial charge in [-0.3, -0.25) is 0 Å². The number of rotatable bonds is 7. The lowest BCUT2D eigenvalue weighted by Gasteiger charge is -2.41. The summed E-state index contributed by atoms with van der Waals surface area (Å²) in [5, 5.41) is 28.3. The fourth-order valence-electron chi connectivity index (χ4n) is 3.13. The number of nitrogens with zero attached hydrogens (tertiary/aromatic N) is 1. The molecule has 0 radical (unpaired) electrons. The van der Waals surface area contributed by atoms with Crippen molar-refractivity contribution in [3.05, 3.63) is 29.8 Å². The maximum absolute atomic E-state index is 9.89. The largest absolute Gasteiger partial charge is 0.497 e. The first-order valence-electron chi connectivity index (χ1n) is 7.86. The highest BCUT2D eigenvalue weighted by atomic mass is 16.5. The van der Waals surface area contributed by atoms with Crippen molar-refractivity contribution >= 4 is 0 Å². The zero-order valence-electron chi connectivity index (χ0n) is 13.2. The molecule has 5 nitrogen and oxygen atoms in total. The van der Waals surface area contributed by atoms with Crippen LogP contribution in [0.25, 0.3) is 0 Å². The van der Waals surface area contributed by atoms with E-state index in [1.165, 1.54) is 5.56 Å². The van der Waals surface area contributed by atoms with Gasteiger partial charge in [-0.25, -0.2) is 0 Å². The highest BCUT2D eigenvalue weighted by Gasteiger charge is 2.34. The maximum atomic E-state index is 9.89. The van der Waals surface area contributed by atoms with Gasteiger partial charge in [-0.2, -0.15) is 0 Å². The van der Waals surface area contributed by atoms with Crippen LogP contribution >= 0.6 is 0 Å². The van der Waals surface area contributed by atoms with Gasteiger partial charge in [-0.05, 0) is 55.5 Å². The van der Waals surface area contributed by atoms with Crippen molar-refractivity contribution in [3.63, 3.8) is 0 Å². The molecule has 1 saturated heterocycles. The Hall–Kier alpha value is -1.14. The monoisotopic (exact) mass is 309 g/mol. The van der Waals surface area contributed by atoms with Gasteiger partial charge in [0.15, 0.2) is 0 Å². The van der Waals surface area contributed by atoms with Gasteiger partial charge in [0.2, 0.25) is 0 Å². The molecule has 1 fully saturated rings. The lowest BCUT2D eigenvalue weighted by atomic mass is 9.74. The van der Waals surface area contributed by atoms with Gasteiger partial charge in [-0.1, -0.05) is 12.1 Å². The second-order valence-corrected chi connectivity index (χ2v) is 6.32. The van der Waals surface area contributed by atoms with Crippen molar-refractivity contribution in [1.82, 2.24) is 4.90 Å². The van der Waals surface area contributed by atoms with Crippen molar-refractivity contribution in [2.45, 2.75) is 25.4 Å². The average Bonchev–Trinajstić information content (AvgIpc) is 2.57. The van der Waals surface area contributed by atoms with Gasteiger partial charge >= 0.3 is 0 Å². The van der Waals surface area contributed by atoms with Gasteiger partial charge in [-0.15, -0.1) is 0 Å². The Balaban J connectivity index is 1.93. The van der Waals surface area contributed by atoms with Crippen LogP contribution in [0.4, 0.5) is 0 Å². The lowest BCUT2D eigenvalue weighted by molar-refractivity contribution is 0.0108. The smallest absolute Gasteiger partial charge is 0.118 e. The number of methoxy groups -OCH3 is 1. The van der Waals surface area contributed by atoms with E-state index in [4.69, 9.17) is 9.84 Å². The summed E-state index contributed by atoms with van der Waals surface area (Å²) < 4.78 is 5.17. The summed E-state index contributed by atoms with van der Waals surface area (Å²) in [6, 6.07) is 8.01. The van der Waals surface area contributed by atoms with Crippen LogP contribution < -0.4 is 4.74 Å². The van der Waals surface area contributed by atoms with E-state index in [1.807, 2.05) is 12.1 Å². The number of hydrogen-bond donors (Lipinski definition) is 3. The van der Waals surface area contributed by atoms with E-state index < -0.39 is 6.10 Å². The van der Waals surface area contributed by atoms with Gasteiger partial charge in [0.25, 0.3) is 0 Å². The third-order valence-corrected chi connectivity index (χ3v) is 4.67. The predicted octanol–water partition coefficient (Wildman–Crippen LogP) is 0.665. The van der Waals surface area contributed by atoms with Gasteiger partial charge in [0, 0.05) is 13.2 Å². The van der Waals surface area contributed by atoms with Gasteiger partial charge < -0.3 is 25.0 Å². The van der Waals surface area contributed by atoms with Crippen molar-refractivity contribution in [2.75, 3.05) is 40.0 Å². The van der Waals surface area contributed by atoms with Crippen LogP contribution in [-0.4, -0.2) is 66.3 Å². The zero-order valence-corrected chi connectivity index (χ0v) is 13.2. The van der Waals surface area contributed by atoms with Gasteiger partial charge in [0.1, 0.15) is 5.75 Å². The van der Waals surface area contributed by atoms with E-state index in [0.717, 1.165) is 38.1 Å². The summed E-state index contributed by atoms with van der Waals surface area (Å²) >= 11 is 0. The van der Waals surface area contributed by atoms with Crippen LogP contribution in [0.5, 0.6) is 5.75 Å². The molecule has 1 unspecified atom stereocenters. The zero-order chi connectivity index (χ0) is 16.0. The second-order valence-electron chi connectivity index (χ2n) is 6.32. The van der Waals surface area contributed by atoms with Crippen molar-refractivity contribution in [1.29, 1.82) is 0 Å². The Labute approximate surface area is 132 Å². The third kappa shape index (κ3) is 4.43. The molecule has 0 spiro atoms. The Morgan fingerprint density at radius 2 is 1.82 bits per heavy atom. The standard InChI is InChI=1S/C17H27NO4/c1-22-16-4-2-14(3-5-16)10-17(13-20)6-8-18(9-7-17)11-15(21)12-19/h2-5,15,19-21H,6-13H2,1H3. The fourth-order valence-corrected chi connectivity index (χ4v) is 3.13. The SMILES string of the molecule is COc1ccc(CC2(CO)CCN(CC(O)CO)CC2)cc1. The third-order valence-electron chi connectivity index (χ3n) is 4.67. The van der Waals surface area contributed by atoms with Gasteiger partial charge in [0.05, 0.1) is 19.8 Å². The van der Waals surface area contributed by atoms with Crippen LogP contribution in [0.2, 0.25) is 0 Å². The highest BCUT2D eigenvalue weighted by molar-refractivity contribution is 5.28. The summed E-state index contributed by atoms with van der Waals surface area (Å²) in [5.41, 5.74) is 1.12. The molecule has 124 valence electrons. The molecule has 1 aromatic rings. The summed E-state index contributed by atoms with van der Waals surface area (Å²) in [5.74, 6) is 0.842. The molecule has 0 saturated carbocycles. The number of benzene rings is 1. The molecule has 0 bridgehead atoms. The van der Waals surface area contributed by atoms with Crippen LogP contribution in [0, 0.1) is 5.41 Å². The van der Waals surface area contributed by atoms with Crippen molar-refractivity contribution < 1.29 is 20.1 Å². The molecule has 22 heavy (non-hydrogen) atoms. The number of aliphatic hydroxyl groups is 3. The molecule has 1 atom stereocenters. The molecule has 2 rings (SSSR count). The van der Waals surface area contributed by atoms with Crippen LogP contribution in [0.15, 0.2) is 24.3 Å². The normalized spacial score (nSPS) is 19.8. The molecule has 1 aliphatic rings. The number of aliphatic hydroxyl groups excluding tert-OH is 3. The van der Waals surface area contributed by atoms with Crippen LogP contribution in [0.3, 0.4) is 0 Å². The topological polar surface area (TPSA) is 73.2 Å². The van der Waals surface area contributed by atoms with Crippen LogP contribution in [-0.2, 0) is 6.42 Å². The lowest BCUT2D eigenvalue weighted by Crippen LogP contribution is -2.46. The minimum absolute atomic E-state index is 0.0880. The Bertz CT molecular complexity index is 440. The number of ether oxygens (including phenoxy) is 1. The fraction of sp³-hybridized carbons (Fsp3) is 0.647. The molecule has 3 N–H and O–H groups in total. The first-order valence-corrected chi connectivity index (χ1v) is 7.86. The summed E-state index contributed by atoms with van der Waals surface area (Å²) in [7, 11) is 1.65. The molecule has 1 aromatic carbocycles. The molecule has 1 heterocycles. The first kappa shape index (κ1) is 17.2. The van der Waals surface area contributed by atoms with Crippen molar-refractivity contribution in [2.24, 2.45) is 5.41 Å². The molecule has 0 aromatic heterocycles. The quantitative estimate of drug-likeness (QED) is 0.690. The molecule has 1 aliphatic heterocycles. The molecule has 0 aliphatic carbocycles. The van der Waals surface area contributed by atoms with Crippen molar-refractivity contribution in [3.8, 4) is 5.75 Å². The molecular formula is C17H27NO4. The maximum Gasteiger partial charge on any atom is 0.118 e. The Morgan fingerprint density at radius 3 is 2.32 bits per heavy atom. The van der Waals surface area contributed by atoms with E-state index in [1.54, 1.807) is 7.11 Å². The first-order chi connectivity index (χ1) is 10.6. The number of piperidine rings is 1. The van der Waals surface area contributed by atoms with E-state index in [0.29, 0.717) is 6.54 Å². The molecular weight excluding hydrogens is 282 g/mol. The molecule has 0 amide bonds. The van der Waals surface area contributed by atoms with E-state index >= 15 is 0 Å². The van der Waals surface area contributed by atoms with E-state index in [-0.39, 0.29) is 18.6 Å². The van der Waals surface area contributed by atoms with E-state index in [2.05, 4.69) is 17.0 Å². The number of likely N-dealkylation sites (tertiary alicyclic amines) is 1.